The predicted octanol–water partition coefficient (Wildman–Crippen LogP) is 6.27. The zero-order chi connectivity index (χ0) is 41.1. The van der Waals surface area contributed by atoms with E-state index in [0.29, 0.717) is 30.7 Å². The van der Waals surface area contributed by atoms with E-state index in [2.05, 4.69) is 95.4 Å². The highest BCUT2D eigenvalue weighted by molar-refractivity contribution is 6.06. The molecule has 0 bridgehead atoms. The number of pyridine rings is 1. The minimum atomic E-state index is -0.575. The van der Waals surface area contributed by atoms with Gasteiger partial charge in [0.05, 0.1) is 17.2 Å². The van der Waals surface area contributed by atoms with E-state index >= 15 is 0 Å². The number of benzene rings is 3. The summed E-state index contributed by atoms with van der Waals surface area (Å²) >= 11 is 0. The van der Waals surface area contributed by atoms with Crippen LogP contribution in [0.2, 0.25) is 0 Å². The molecule has 9 rings (SSSR count). The molecule has 3 amide bonds. The number of anilines is 1. The van der Waals surface area contributed by atoms with Crippen molar-refractivity contribution in [3.63, 3.8) is 0 Å². The molecule has 2 aliphatic heterocycles. The van der Waals surface area contributed by atoms with Crippen LogP contribution in [0.25, 0.3) is 33.4 Å². The lowest BCUT2D eigenvalue weighted by atomic mass is 9.83. The number of hydrogen-bond donors (Lipinski definition) is 3. The third kappa shape index (κ3) is 7.51. The number of aromatic amines is 1. The lowest BCUT2D eigenvalue weighted by Gasteiger charge is -2.36. The summed E-state index contributed by atoms with van der Waals surface area (Å²) in [5.74, 6) is -0.231. The quantitative estimate of drug-likeness (QED) is 0.142. The van der Waals surface area contributed by atoms with Crippen LogP contribution in [0.1, 0.15) is 84.5 Å². The zero-order valence-electron chi connectivity index (χ0n) is 34.2. The number of aromatic nitrogens is 5. The van der Waals surface area contributed by atoms with Crippen LogP contribution in [0.4, 0.5) is 5.69 Å². The van der Waals surface area contributed by atoms with Gasteiger partial charge in [-0.3, -0.25) is 29.7 Å². The predicted molar refractivity (Wildman–Crippen MR) is 225 cm³/mol. The number of imide groups is 1. The number of rotatable bonds is 9. The summed E-state index contributed by atoms with van der Waals surface area (Å²) in [6.45, 7) is 14.8. The van der Waals surface area contributed by atoms with Crippen LogP contribution < -0.4 is 15.5 Å². The van der Waals surface area contributed by atoms with Crippen molar-refractivity contribution in [3.05, 3.63) is 112 Å². The average Bonchev–Trinajstić information content (AvgIpc) is 4.02. The maximum atomic E-state index is 12.9. The van der Waals surface area contributed by atoms with E-state index in [0.717, 1.165) is 78.0 Å². The standard InChI is InChI=1S/C46H49N9O4/c1-27-20-31(10-13-36(27)28(2)48-41(57)42-50-43(53-59-42)45(3,4)5)39-37-22-34(26-47-40(37)52-51-39)30-8-11-35(12-9-30)55-18-16-54(17-19-55)15-14-29-6-7-32-23-46(24-33(32)21-29)25-38(56)49-44(46)58/h6-13,20-22,26,28H,14-19,23-25H2,1-5H3,(H,48,57)(H,47,51,52)(H,49,56,58)/t28-,46+/m1/s1. The van der Waals surface area contributed by atoms with E-state index in [-0.39, 0.29) is 29.2 Å². The van der Waals surface area contributed by atoms with Gasteiger partial charge < -0.3 is 14.7 Å². The monoisotopic (exact) mass is 791 g/mol. The lowest BCUT2D eigenvalue weighted by molar-refractivity contribution is -0.128. The summed E-state index contributed by atoms with van der Waals surface area (Å²) in [4.78, 5) is 51.3. The highest BCUT2D eigenvalue weighted by atomic mass is 16.5. The van der Waals surface area contributed by atoms with Gasteiger partial charge in [-0.15, -0.1) is 0 Å². The fourth-order valence-electron chi connectivity index (χ4n) is 8.87. The largest absolute Gasteiger partial charge is 0.369 e. The first kappa shape index (κ1) is 38.3. The molecule has 2 atom stereocenters. The Morgan fingerprint density at radius 3 is 2.39 bits per heavy atom. The first-order chi connectivity index (χ1) is 28.3. The minimum absolute atomic E-state index is 0.0472. The van der Waals surface area contributed by atoms with Gasteiger partial charge >= 0.3 is 11.8 Å². The number of carbonyl (C=O) groups is 3. The third-order valence-electron chi connectivity index (χ3n) is 12.3. The van der Waals surface area contributed by atoms with Gasteiger partial charge in [-0.05, 0) is 90.8 Å². The van der Waals surface area contributed by atoms with Crippen LogP contribution in [-0.2, 0) is 34.3 Å². The first-order valence-corrected chi connectivity index (χ1v) is 20.4. The van der Waals surface area contributed by atoms with Crippen molar-refractivity contribution in [2.45, 2.75) is 71.8 Å². The molecule has 0 unspecified atom stereocenters. The SMILES string of the molecule is Cc1cc(-c2[nH]nc3ncc(-c4ccc(N5CCN(CCc6ccc7c(c6)C[C@]6(CC(=O)NC6=O)C7)CC5)cc4)cc23)ccc1[C@@H](C)NC(=O)c1nc(C(C)(C)C)no1. The fourth-order valence-corrected chi connectivity index (χ4v) is 8.87. The summed E-state index contributed by atoms with van der Waals surface area (Å²) in [5, 5.41) is 18.1. The van der Waals surface area contributed by atoms with Gasteiger partial charge in [0.25, 0.3) is 0 Å². The van der Waals surface area contributed by atoms with E-state index in [1.54, 1.807) is 0 Å². The highest BCUT2D eigenvalue weighted by Crippen LogP contribution is 2.43. The van der Waals surface area contributed by atoms with Gasteiger partial charge in [0.2, 0.25) is 11.8 Å². The van der Waals surface area contributed by atoms with Crippen molar-refractivity contribution in [1.29, 1.82) is 0 Å². The molecule has 302 valence electrons. The number of amides is 3. The molecule has 3 aromatic heterocycles. The molecular formula is C46H49N9O4. The molecule has 2 fully saturated rings. The van der Waals surface area contributed by atoms with Crippen LogP contribution in [0, 0.1) is 12.3 Å². The van der Waals surface area contributed by atoms with E-state index in [4.69, 9.17) is 9.51 Å². The number of nitrogens with one attached hydrogen (secondary N) is 3. The normalized spacial score (nSPS) is 18.8. The van der Waals surface area contributed by atoms with Crippen LogP contribution >= 0.6 is 0 Å². The minimum Gasteiger partial charge on any atom is -0.369 e. The zero-order valence-corrected chi connectivity index (χ0v) is 34.2. The number of fused-ring (bicyclic) bond motifs is 2. The number of carbonyl (C=O) groups excluding carboxylic acids is 3. The Kier molecular flexibility index (Phi) is 9.66. The topological polar surface area (TPSA) is 162 Å². The van der Waals surface area contributed by atoms with Crippen molar-refractivity contribution >= 4 is 34.4 Å². The third-order valence-corrected chi connectivity index (χ3v) is 12.3. The number of H-pyrrole nitrogens is 1. The molecule has 2 saturated heterocycles. The van der Waals surface area contributed by atoms with E-state index < -0.39 is 11.3 Å². The molecule has 1 aliphatic carbocycles. The summed E-state index contributed by atoms with van der Waals surface area (Å²) in [7, 11) is 0. The van der Waals surface area contributed by atoms with Gasteiger partial charge in [0.15, 0.2) is 11.5 Å². The second-order valence-electron chi connectivity index (χ2n) is 17.6. The molecule has 3 aromatic carbocycles. The number of aryl methyl sites for hydroxylation is 1. The van der Waals surface area contributed by atoms with Gasteiger partial charge in [-0.2, -0.15) is 10.1 Å². The molecule has 0 saturated carbocycles. The van der Waals surface area contributed by atoms with E-state index in [9.17, 15) is 14.4 Å². The summed E-state index contributed by atoms with van der Waals surface area (Å²) in [6, 6.07) is 23.4. The van der Waals surface area contributed by atoms with Crippen molar-refractivity contribution < 1.29 is 18.9 Å². The Morgan fingerprint density at radius 2 is 1.68 bits per heavy atom. The van der Waals surface area contributed by atoms with Gasteiger partial charge in [-0.25, -0.2) is 4.98 Å². The molecule has 13 heteroatoms. The Hall–Kier alpha value is -6.21. The number of nitrogens with zero attached hydrogens (tertiary/aromatic N) is 6. The van der Waals surface area contributed by atoms with Crippen LogP contribution in [-0.4, -0.2) is 80.7 Å². The Bertz CT molecular complexity index is 2600. The number of piperazine rings is 1. The molecule has 1 spiro atoms. The molecule has 3 N–H and O–H groups in total. The lowest BCUT2D eigenvalue weighted by Crippen LogP contribution is -2.47. The first-order valence-electron chi connectivity index (χ1n) is 20.4. The average molecular weight is 792 g/mol. The van der Waals surface area contributed by atoms with Crippen LogP contribution in [0.5, 0.6) is 0 Å². The highest BCUT2D eigenvalue weighted by Gasteiger charge is 2.50. The Labute approximate surface area is 343 Å². The second kappa shape index (κ2) is 14.9. The van der Waals surface area contributed by atoms with E-state index in [1.165, 1.54) is 22.4 Å². The molecule has 6 aromatic rings. The fraction of sp³-hybridized carbons (Fsp3) is 0.370. The summed E-state index contributed by atoms with van der Waals surface area (Å²) in [5.41, 5.74) is 10.6. The summed E-state index contributed by atoms with van der Waals surface area (Å²) < 4.78 is 5.24. The maximum absolute atomic E-state index is 12.9. The molecule has 5 heterocycles. The molecule has 0 radical (unpaired) electrons. The van der Waals surface area contributed by atoms with Crippen molar-refractivity contribution in [1.82, 2.24) is 40.9 Å². The van der Waals surface area contributed by atoms with E-state index in [1.807, 2.05) is 52.9 Å². The van der Waals surface area contributed by atoms with Crippen molar-refractivity contribution in [3.8, 4) is 22.4 Å². The Morgan fingerprint density at radius 1 is 0.915 bits per heavy atom. The summed E-state index contributed by atoms with van der Waals surface area (Å²) in [6.07, 6.45) is 4.45. The smallest absolute Gasteiger partial charge is 0.315 e. The van der Waals surface area contributed by atoms with Gasteiger partial charge in [0, 0.05) is 73.0 Å². The van der Waals surface area contributed by atoms with Crippen molar-refractivity contribution in [2.75, 3.05) is 37.6 Å². The Balaban J connectivity index is 0.807. The maximum Gasteiger partial charge on any atom is 0.315 e. The van der Waals surface area contributed by atoms with Gasteiger partial charge in [0.1, 0.15) is 0 Å². The van der Waals surface area contributed by atoms with Crippen molar-refractivity contribution in [2.24, 2.45) is 5.41 Å². The van der Waals surface area contributed by atoms with Gasteiger partial charge in [-0.1, -0.05) is 68.4 Å². The van der Waals surface area contributed by atoms with Crippen LogP contribution in [0.15, 0.2) is 77.4 Å². The second-order valence-corrected chi connectivity index (χ2v) is 17.6. The number of hydrogen-bond acceptors (Lipinski definition) is 10. The molecular weight excluding hydrogens is 743 g/mol. The molecule has 59 heavy (non-hydrogen) atoms. The molecule has 13 nitrogen and oxygen atoms in total. The van der Waals surface area contributed by atoms with Crippen LogP contribution in [0.3, 0.4) is 0 Å². The molecule has 3 aliphatic rings.